The van der Waals surface area contributed by atoms with E-state index < -0.39 is 0 Å². The number of fused-ring (bicyclic) bond motifs is 2. The minimum atomic E-state index is 0.159. The number of hydrogen-bond donors (Lipinski definition) is 1. The first-order chi connectivity index (χ1) is 7.70. The molecule has 0 saturated carbocycles. The van der Waals surface area contributed by atoms with E-state index in [-0.39, 0.29) is 6.04 Å². The number of nitrogens with two attached hydrogens (primary N) is 1. The van der Waals surface area contributed by atoms with Crippen LogP contribution in [-0.2, 0) is 4.74 Å². The van der Waals surface area contributed by atoms with Crippen molar-refractivity contribution in [1.29, 1.82) is 0 Å². The van der Waals surface area contributed by atoms with Crippen LogP contribution in [0.2, 0.25) is 0 Å². The molecule has 2 bridgehead atoms. The number of ether oxygens (including phenoxy) is 1. The van der Waals surface area contributed by atoms with Gasteiger partial charge < -0.3 is 15.4 Å². The van der Waals surface area contributed by atoms with Crippen molar-refractivity contribution in [1.82, 2.24) is 9.80 Å². The summed E-state index contributed by atoms with van der Waals surface area (Å²) in [6.07, 6.45) is 4.04. The van der Waals surface area contributed by atoms with Gasteiger partial charge in [0.1, 0.15) is 0 Å². The van der Waals surface area contributed by atoms with Crippen LogP contribution in [0.15, 0.2) is 0 Å². The summed E-state index contributed by atoms with van der Waals surface area (Å²) in [7, 11) is 4.00. The molecule has 4 nitrogen and oxygen atoms in total. The van der Waals surface area contributed by atoms with Gasteiger partial charge in [-0.3, -0.25) is 4.90 Å². The molecule has 2 aliphatic heterocycles. The molecule has 4 heteroatoms. The monoisotopic (exact) mass is 227 g/mol. The Kier molecular flexibility index (Phi) is 4.19. The average molecular weight is 227 g/mol. The highest BCUT2D eigenvalue weighted by Crippen LogP contribution is 2.28. The van der Waals surface area contributed by atoms with Crippen molar-refractivity contribution in [2.75, 3.05) is 40.4 Å². The minimum Gasteiger partial charge on any atom is -0.383 e. The Balaban J connectivity index is 1.84. The van der Waals surface area contributed by atoms with Crippen molar-refractivity contribution in [3.63, 3.8) is 0 Å². The second-order valence-corrected chi connectivity index (χ2v) is 5.31. The Bertz CT molecular complexity index is 224. The maximum absolute atomic E-state index is 6.02. The third kappa shape index (κ3) is 2.74. The van der Waals surface area contributed by atoms with Crippen LogP contribution in [0.25, 0.3) is 0 Å². The molecule has 94 valence electrons. The van der Waals surface area contributed by atoms with Crippen LogP contribution in [0.3, 0.4) is 0 Å². The first kappa shape index (κ1) is 12.3. The Morgan fingerprint density at radius 2 is 2.06 bits per heavy atom. The van der Waals surface area contributed by atoms with Gasteiger partial charge in [-0.2, -0.15) is 0 Å². The van der Waals surface area contributed by atoms with E-state index in [2.05, 4.69) is 16.8 Å². The van der Waals surface area contributed by atoms with Gasteiger partial charge in [0.2, 0.25) is 0 Å². The van der Waals surface area contributed by atoms with Gasteiger partial charge in [-0.25, -0.2) is 0 Å². The van der Waals surface area contributed by atoms with E-state index in [9.17, 15) is 0 Å². The fourth-order valence-electron chi connectivity index (χ4n) is 3.14. The highest BCUT2D eigenvalue weighted by molar-refractivity contribution is 4.91. The molecule has 2 aliphatic rings. The number of nitrogens with zero attached hydrogens (tertiary/aromatic N) is 2. The lowest BCUT2D eigenvalue weighted by Gasteiger charge is -2.27. The van der Waals surface area contributed by atoms with Crippen LogP contribution in [-0.4, -0.2) is 68.3 Å². The molecular weight excluding hydrogens is 202 g/mol. The van der Waals surface area contributed by atoms with Gasteiger partial charge in [0.15, 0.2) is 0 Å². The number of rotatable bonds is 4. The Morgan fingerprint density at radius 1 is 1.31 bits per heavy atom. The number of methoxy groups -OCH3 is 1. The third-order valence-electron chi connectivity index (χ3n) is 4.11. The zero-order valence-electron chi connectivity index (χ0n) is 10.6. The van der Waals surface area contributed by atoms with Gasteiger partial charge in [0.05, 0.1) is 6.61 Å². The van der Waals surface area contributed by atoms with Crippen molar-refractivity contribution in [2.24, 2.45) is 5.73 Å². The van der Waals surface area contributed by atoms with Crippen molar-refractivity contribution < 1.29 is 4.74 Å². The van der Waals surface area contributed by atoms with Crippen LogP contribution in [0.5, 0.6) is 0 Å². The maximum atomic E-state index is 6.02. The highest BCUT2D eigenvalue weighted by Gasteiger charge is 2.34. The minimum absolute atomic E-state index is 0.159. The molecule has 2 N–H and O–H groups in total. The van der Waals surface area contributed by atoms with Gasteiger partial charge in [0.25, 0.3) is 0 Å². The molecule has 0 radical (unpaired) electrons. The van der Waals surface area contributed by atoms with E-state index >= 15 is 0 Å². The summed E-state index contributed by atoms with van der Waals surface area (Å²) in [6, 6.07) is 1.72. The van der Waals surface area contributed by atoms with E-state index in [4.69, 9.17) is 10.5 Å². The van der Waals surface area contributed by atoms with E-state index in [0.717, 1.165) is 18.6 Å². The molecule has 2 heterocycles. The van der Waals surface area contributed by atoms with Gasteiger partial charge in [-0.1, -0.05) is 0 Å². The first-order valence-corrected chi connectivity index (χ1v) is 6.39. The fraction of sp³-hybridized carbons (Fsp3) is 1.00. The van der Waals surface area contributed by atoms with Crippen molar-refractivity contribution in [2.45, 2.75) is 37.4 Å². The topological polar surface area (TPSA) is 41.7 Å². The molecule has 0 spiro atoms. The van der Waals surface area contributed by atoms with Crippen molar-refractivity contribution >= 4 is 0 Å². The maximum Gasteiger partial charge on any atom is 0.0626 e. The number of likely N-dealkylation sites (tertiary alicyclic amines) is 1. The standard InChI is InChI=1S/C12H25N3O/c1-14-11-3-4-12(14)8-15(6-5-11)7-10(13)9-16-2/h10-12H,3-9,13H2,1-2H3. The molecule has 2 rings (SSSR count). The molecule has 16 heavy (non-hydrogen) atoms. The summed E-state index contributed by atoms with van der Waals surface area (Å²) in [5, 5.41) is 0. The summed E-state index contributed by atoms with van der Waals surface area (Å²) in [5.74, 6) is 0. The lowest BCUT2D eigenvalue weighted by molar-refractivity contribution is 0.147. The molecule has 0 aromatic carbocycles. The quantitative estimate of drug-likeness (QED) is 0.741. The van der Waals surface area contributed by atoms with Crippen molar-refractivity contribution in [3.05, 3.63) is 0 Å². The molecule has 2 saturated heterocycles. The first-order valence-electron chi connectivity index (χ1n) is 6.39. The van der Waals surface area contributed by atoms with Gasteiger partial charge in [0, 0.05) is 38.3 Å². The number of hydrogen-bond acceptors (Lipinski definition) is 4. The second kappa shape index (κ2) is 5.45. The summed E-state index contributed by atoms with van der Waals surface area (Å²) < 4.78 is 5.10. The highest BCUT2D eigenvalue weighted by atomic mass is 16.5. The molecule has 0 aromatic heterocycles. The van der Waals surface area contributed by atoms with Crippen LogP contribution in [0.4, 0.5) is 0 Å². The SMILES string of the molecule is COCC(N)CN1CCC2CCC(C1)N2C. The van der Waals surface area contributed by atoms with Crippen molar-refractivity contribution in [3.8, 4) is 0 Å². The van der Waals surface area contributed by atoms with E-state index in [0.29, 0.717) is 6.61 Å². The molecule has 3 atom stereocenters. The third-order valence-corrected chi connectivity index (χ3v) is 4.11. The molecule has 3 unspecified atom stereocenters. The smallest absolute Gasteiger partial charge is 0.0626 e. The van der Waals surface area contributed by atoms with Crippen LogP contribution in [0, 0.1) is 0 Å². The van der Waals surface area contributed by atoms with Crippen LogP contribution in [0.1, 0.15) is 19.3 Å². The summed E-state index contributed by atoms with van der Waals surface area (Å²) in [5.41, 5.74) is 6.02. The number of likely N-dealkylation sites (N-methyl/N-ethyl adjacent to an activating group) is 1. The van der Waals surface area contributed by atoms with E-state index in [1.165, 1.54) is 32.4 Å². The zero-order chi connectivity index (χ0) is 11.5. The summed E-state index contributed by atoms with van der Waals surface area (Å²) in [4.78, 5) is 5.09. The molecular formula is C12H25N3O. The second-order valence-electron chi connectivity index (χ2n) is 5.31. The van der Waals surface area contributed by atoms with Crippen LogP contribution >= 0.6 is 0 Å². The van der Waals surface area contributed by atoms with Gasteiger partial charge in [-0.15, -0.1) is 0 Å². The normalized spacial score (nSPS) is 33.9. The predicted molar refractivity (Wildman–Crippen MR) is 65.5 cm³/mol. The average Bonchev–Trinajstić information content (AvgIpc) is 2.47. The lowest BCUT2D eigenvalue weighted by Crippen LogP contribution is -2.44. The zero-order valence-corrected chi connectivity index (χ0v) is 10.6. The molecule has 0 amide bonds. The van der Waals surface area contributed by atoms with E-state index in [1.807, 2.05) is 0 Å². The molecule has 0 aromatic rings. The van der Waals surface area contributed by atoms with E-state index in [1.54, 1.807) is 7.11 Å². The largest absolute Gasteiger partial charge is 0.383 e. The Morgan fingerprint density at radius 3 is 2.81 bits per heavy atom. The molecule has 2 fully saturated rings. The van der Waals surface area contributed by atoms with Crippen LogP contribution < -0.4 is 5.73 Å². The summed E-state index contributed by atoms with van der Waals surface area (Å²) in [6.45, 7) is 4.03. The molecule has 0 aliphatic carbocycles. The Hall–Kier alpha value is -0.160. The fourth-order valence-corrected chi connectivity index (χ4v) is 3.14. The lowest BCUT2D eigenvalue weighted by atomic mass is 10.1. The van der Waals surface area contributed by atoms with Gasteiger partial charge in [-0.05, 0) is 32.9 Å². The Labute approximate surface area is 98.7 Å². The van der Waals surface area contributed by atoms with Gasteiger partial charge >= 0.3 is 0 Å². The predicted octanol–water partition coefficient (Wildman–Crippen LogP) is 0.129. The summed E-state index contributed by atoms with van der Waals surface area (Å²) >= 11 is 0.